The predicted molar refractivity (Wildman–Crippen MR) is 64.6 cm³/mol. The molecule has 1 aromatic carbocycles. The van der Waals surface area contributed by atoms with Gasteiger partial charge in [-0.3, -0.25) is 4.99 Å². The molecular weight excluding hydrogens is 232 g/mol. The number of benzene rings is 1. The van der Waals surface area contributed by atoms with Crippen LogP contribution in [0.25, 0.3) is 0 Å². The van der Waals surface area contributed by atoms with Crippen LogP contribution in [-0.2, 0) is 11.2 Å². The van der Waals surface area contributed by atoms with Crippen molar-refractivity contribution >= 4 is 17.9 Å². The van der Waals surface area contributed by atoms with Gasteiger partial charge in [-0.15, -0.1) is 0 Å². The van der Waals surface area contributed by atoms with Crippen LogP contribution < -0.4 is 0 Å². The summed E-state index contributed by atoms with van der Waals surface area (Å²) in [6, 6.07) is 8.78. The topological polar surface area (TPSA) is 93.7 Å². The van der Waals surface area contributed by atoms with Gasteiger partial charge in [0.1, 0.15) is 17.2 Å². The van der Waals surface area contributed by atoms with Gasteiger partial charge in [-0.2, -0.15) is 5.26 Å². The van der Waals surface area contributed by atoms with Crippen LogP contribution in [0.1, 0.15) is 5.56 Å². The van der Waals surface area contributed by atoms with E-state index in [0.29, 0.717) is 0 Å². The van der Waals surface area contributed by atoms with Crippen molar-refractivity contribution in [1.82, 2.24) is 0 Å². The van der Waals surface area contributed by atoms with Crippen molar-refractivity contribution in [1.29, 1.82) is 5.26 Å². The zero-order chi connectivity index (χ0) is 13.2. The van der Waals surface area contributed by atoms with Crippen LogP contribution in [0.3, 0.4) is 0 Å². The molecule has 1 unspecified atom stereocenters. The number of fused-ring (bicyclic) bond motifs is 1. The number of nitriles is 1. The number of hydrogen-bond acceptors (Lipinski definition) is 4. The number of carboxylic acid groups (broad SMARTS) is 1. The van der Waals surface area contributed by atoms with E-state index in [0.717, 1.165) is 17.3 Å². The summed E-state index contributed by atoms with van der Waals surface area (Å²) >= 11 is 0. The van der Waals surface area contributed by atoms with Crippen molar-refractivity contribution < 1.29 is 15.0 Å². The molecule has 90 valence electrons. The third-order valence-electron chi connectivity index (χ3n) is 2.64. The van der Waals surface area contributed by atoms with Gasteiger partial charge in [0.15, 0.2) is 0 Å². The third-order valence-corrected chi connectivity index (χ3v) is 2.64. The van der Waals surface area contributed by atoms with E-state index in [1.807, 2.05) is 12.1 Å². The van der Waals surface area contributed by atoms with E-state index in [2.05, 4.69) is 4.99 Å². The van der Waals surface area contributed by atoms with Crippen molar-refractivity contribution in [3.05, 3.63) is 41.5 Å². The standard InChI is InChI=1S/C13H10N2O3/c14-7-10(12(16)17)6-13(18)5-9-3-1-2-4-11(9)15-8-13/h1-4,6,8,18H,5H2,(H,16,17). The molecule has 0 amide bonds. The fraction of sp³-hybridized carbons (Fsp3) is 0.154. The summed E-state index contributed by atoms with van der Waals surface area (Å²) in [5, 5.41) is 27.7. The molecule has 5 heteroatoms. The number of nitrogens with zero attached hydrogens (tertiary/aromatic N) is 2. The second-order valence-corrected chi connectivity index (χ2v) is 4.03. The molecule has 1 aliphatic rings. The van der Waals surface area contributed by atoms with E-state index >= 15 is 0 Å². The summed E-state index contributed by atoms with van der Waals surface area (Å²) in [6.07, 6.45) is 2.48. The van der Waals surface area contributed by atoms with Crippen LogP contribution in [0.15, 0.2) is 40.9 Å². The Labute approximate surface area is 103 Å². The first kappa shape index (κ1) is 12.0. The Morgan fingerprint density at radius 2 is 2.22 bits per heavy atom. The molecule has 0 saturated heterocycles. The molecule has 0 bridgehead atoms. The Bertz CT molecular complexity index is 598. The average Bonchev–Trinajstić information content (AvgIpc) is 2.35. The second-order valence-electron chi connectivity index (χ2n) is 4.03. The fourth-order valence-electron chi connectivity index (χ4n) is 1.80. The zero-order valence-electron chi connectivity index (χ0n) is 9.37. The lowest BCUT2D eigenvalue weighted by molar-refractivity contribution is -0.132. The van der Waals surface area contributed by atoms with Gasteiger partial charge in [0.2, 0.25) is 0 Å². The quantitative estimate of drug-likeness (QED) is 0.602. The first-order chi connectivity index (χ1) is 8.54. The lowest BCUT2D eigenvalue weighted by Gasteiger charge is -2.24. The Morgan fingerprint density at radius 3 is 2.89 bits per heavy atom. The minimum Gasteiger partial charge on any atom is -0.477 e. The molecule has 1 atom stereocenters. The Balaban J connectivity index is 2.38. The highest BCUT2D eigenvalue weighted by atomic mass is 16.4. The van der Waals surface area contributed by atoms with E-state index < -0.39 is 17.1 Å². The number of aliphatic hydroxyl groups is 1. The zero-order valence-corrected chi connectivity index (χ0v) is 9.37. The van der Waals surface area contributed by atoms with Crippen molar-refractivity contribution in [3.63, 3.8) is 0 Å². The SMILES string of the molecule is N#CC(=CC1(O)C=Nc2ccccc2C1)C(=O)O. The number of rotatable bonds is 2. The molecule has 0 radical (unpaired) electrons. The van der Waals surface area contributed by atoms with Crippen LogP contribution in [0.2, 0.25) is 0 Å². The van der Waals surface area contributed by atoms with Gasteiger partial charge in [0.25, 0.3) is 0 Å². The highest BCUT2D eigenvalue weighted by molar-refractivity contribution is 5.93. The maximum absolute atomic E-state index is 10.7. The van der Waals surface area contributed by atoms with E-state index in [1.54, 1.807) is 12.1 Å². The Hall–Kier alpha value is -2.45. The van der Waals surface area contributed by atoms with Gasteiger partial charge < -0.3 is 10.2 Å². The van der Waals surface area contributed by atoms with Crippen LogP contribution in [0, 0.1) is 11.3 Å². The van der Waals surface area contributed by atoms with E-state index in [1.165, 1.54) is 12.3 Å². The average molecular weight is 242 g/mol. The third kappa shape index (κ3) is 2.29. The molecule has 5 nitrogen and oxygen atoms in total. The van der Waals surface area contributed by atoms with Crippen molar-refractivity contribution in [2.24, 2.45) is 4.99 Å². The predicted octanol–water partition coefficient (Wildman–Crippen LogP) is 1.21. The van der Waals surface area contributed by atoms with Gasteiger partial charge in [0, 0.05) is 12.6 Å². The number of para-hydroxylation sites is 1. The molecule has 0 spiro atoms. The summed E-state index contributed by atoms with van der Waals surface area (Å²) in [5.74, 6) is -1.36. The Morgan fingerprint density at radius 1 is 1.50 bits per heavy atom. The van der Waals surface area contributed by atoms with Gasteiger partial charge in [-0.25, -0.2) is 4.79 Å². The summed E-state index contributed by atoms with van der Waals surface area (Å²) in [6.45, 7) is 0. The Kier molecular flexibility index (Phi) is 2.96. The first-order valence-corrected chi connectivity index (χ1v) is 5.26. The normalized spacial score (nSPS) is 22.1. The molecule has 1 heterocycles. The van der Waals surface area contributed by atoms with Crippen molar-refractivity contribution in [2.75, 3.05) is 0 Å². The summed E-state index contributed by atoms with van der Waals surface area (Å²) < 4.78 is 0. The van der Waals surface area contributed by atoms with E-state index in [9.17, 15) is 9.90 Å². The van der Waals surface area contributed by atoms with Crippen molar-refractivity contribution in [3.8, 4) is 6.07 Å². The molecular formula is C13H10N2O3. The lowest BCUT2D eigenvalue weighted by Crippen LogP contribution is -2.33. The summed E-state index contributed by atoms with van der Waals surface area (Å²) in [5.41, 5.74) is -0.480. The van der Waals surface area contributed by atoms with Gasteiger partial charge in [-0.1, -0.05) is 18.2 Å². The number of aliphatic imine (C=N–C) groups is 1. The molecule has 0 aliphatic carbocycles. The van der Waals surface area contributed by atoms with Crippen LogP contribution in [0.4, 0.5) is 5.69 Å². The minimum atomic E-state index is -1.53. The molecule has 2 N–H and O–H groups in total. The van der Waals surface area contributed by atoms with Crippen LogP contribution in [0.5, 0.6) is 0 Å². The minimum absolute atomic E-state index is 0.200. The second kappa shape index (κ2) is 4.43. The lowest BCUT2D eigenvalue weighted by atomic mass is 9.90. The monoisotopic (exact) mass is 242 g/mol. The van der Waals surface area contributed by atoms with Crippen LogP contribution >= 0.6 is 0 Å². The van der Waals surface area contributed by atoms with E-state index in [-0.39, 0.29) is 6.42 Å². The fourth-order valence-corrected chi connectivity index (χ4v) is 1.80. The van der Waals surface area contributed by atoms with Crippen molar-refractivity contribution in [2.45, 2.75) is 12.0 Å². The highest BCUT2D eigenvalue weighted by Gasteiger charge is 2.29. The molecule has 0 aromatic heterocycles. The maximum Gasteiger partial charge on any atom is 0.346 e. The summed E-state index contributed by atoms with van der Waals surface area (Å²) in [4.78, 5) is 14.8. The molecule has 2 rings (SSSR count). The number of carbonyl (C=O) groups is 1. The van der Waals surface area contributed by atoms with Gasteiger partial charge in [0.05, 0.1) is 5.69 Å². The first-order valence-electron chi connectivity index (χ1n) is 5.26. The van der Waals surface area contributed by atoms with Crippen LogP contribution in [-0.4, -0.2) is 28.0 Å². The number of hydrogen-bond donors (Lipinski definition) is 2. The summed E-state index contributed by atoms with van der Waals surface area (Å²) in [7, 11) is 0. The largest absolute Gasteiger partial charge is 0.477 e. The maximum atomic E-state index is 10.7. The molecule has 18 heavy (non-hydrogen) atoms. The highest BCUT2D eigenvalue weighted by Crippen LogP contribution is 2.28. The number of aliphatic carboxylic acids is 1. The van der Waals surface area contributed by atoms with Gasteiger partial charge in [-0.05, 0) is 17.7 Å². The number of carboxylic acids is 1. The molecule has 1 aromatic rings. The smallest absolute Gasteiger partial charge is 0.346 e. The molecule has 0 fully saturated rings. The molecule has 0 saturated carbocycles. The van der Waals surface area contributed by atoms with Gasteiger partial charge >= 0.3 is 5.97 Å². The molecule has 1 aliphatic heterocycles. The van der Waals surface area contributed by atoms with E-state index in [4.69, 9.17) is 10.4 Å².